The number of pyridine rings is 1. The van der Waals surface area contributed by atoms with Crippen LogP contribution in [0.15, 0.2) is 48.7 Å². The van der Waals surface area contributed by atoms with Gasteiger partial charge in [-0.2, -0.15) is 5.26 Å². The number of nitrogens with one attached hydrogen (secondary N) is 1. The van der Waals surface area contributed by atoms with E-state index in [1.165, 1.54) is 17.5 Å². The quantitative estimate of drug-likeness (QED) is 0.540. The summed E-state index contributed by atoms with van der Waals surface area (Å²) in [6.45, 7) is 2.24. The lowest BCUT2D eigenvalue weighted by Gasteiger charge is -2.08. The van der Waals surface area contributed by atoms with Crippen molar-refractivity contribution in [3.8, 4) is 16.5 Å². The number of thiophene rings is 1. The Hall–Kier alpha value is -3.24. The summed E-state index contributed by atoms with van der Waals surface area (Å²) >= 11 is 1.46. The lowest BCUT2D eigenvalue weighted by Crippen LogP contribution is -2.03. The van der Waals surface area contributed by atoms with Gasteiger partial charge < -0.3 is 5.32 Å². The second-order valence-corrected chi connectivity index (χ2v) is 6.53. The van der Waals surface area contributed by atoms with Gasteiger partial charge in [-0.05, 0) is 42.3 Å². The van der Waals surface area contributed by atoms with E-state index in [9.17, 15) is 10.1 Å². The van der Waals surface area contributed by atoms with Gasteiger partial charge in [0.05, 0.1) is 4.92 Å². The number of benzene rings is 1. The van der Waals surface area contributed by atoms with Gasteiger partial charge in [0.25, 0.3) is 5.69 Å². The molecule has 0 unspecified atom stereocenters. The highest BCUT2D eigenvalue weighted by molar-refractivity contribution is 7.16. The SMILES string of the molecule is Cc1cc(NCc2cccc(-c3ccc(C#N)s3)c2)ncc1[N+](=O)[O-]. The summed E-state index contributed by atoms with van der Waals surface area (Å²) in [4.78, 5) is 16.2. The molecule has 0 saturated carbocycles. The van der Waals surface area contributed by atoms with Crippen LogP contribution in [0.2, 0.25) is 0 Å². The minimum absolute atomic E-state index is 0.0125. The first-order valence-corrected chi connectivity index (χ1v) is 8.32. The standard InChI is InChI=1S/C18H14N4O2S/c1-12-7-18(21-11-16(12)22(23)24)20-10-13-3-2-4-14(8-13)17-6-5-15(9-19)25-17/h2-8,11H,10H2,1H3,(H,20,21). The van der Waals surface area contributed by atoms with Gasteiger partial charge in [0.1, 0.15) is 23.0 Å². The molecular weight excluding hydrogens is 336 g/mol. The highest BCUT2D eigenvalue weighted by Crippen LogP contribution is 2.28. The van der Waals surface area contributed by atoms with E-state index < -0.39 is 4.92 Å². The van der Waals surface area contributed by atoms with Gasteiger partial charge in [-0.15, -0.1) is 11.3 Å². The van der Waals surface area contributed by atoms with Crippen LogP contribution in [0.4, 0.5) is 11.5 Å². The number of aromatic nitrogens is 1. The predicted molar refractivity (Wildman–Crippen MR) is 97.4 cm³/mol. The van der Waals surface area contributed by atoms with Crippen molar-refractivity contribution in [2.24, 2.45) is 0 Å². The highest BCUT2D eigenvalue weighted by Gasteiger charge is 2.11. The molecule has 3 rings (SSSR count). The lowest BCUT2D eigenvalue weighted by atomic mass is 10.1. The molecule has 1 aromatic carbocycles. The summed E-state index contributed by atoms with van der Waals surface area (Å²) in [5.41, 5.74) is 2.69. The zero-order chi connectivity index (χ0) is 17.8. The highest BCUT2D eigenvalue weighted by atomic mass is 32.1. The monoisotopic (exact) mass is 350 g/mol. The van der Waals surface area contributed by atoms with E-state index in [1.54, 1.807) is 13.0 Å². The van der Waals surface area contributed by atoms with Gasteiger partial charge in [-0.25, -0.2) is 4.98 Å². The van der Waals surface area contributed by atoms with Crippen molar-refractivity contribution in [1.29, 1.82) is 5.26 Å². The molecule has 0 aliphatic rings. The van der Waals surface area contributed by atoms with Crippen LogP contribution in [0.5, 0.6) is 0 Å². The molecule has 0 atom stereocenters. The maximum Gasteiger partial charge on any atom is 0.290 e. The largest absolute Gasteiger partial charge is 0.366 e. The number of nitriles is 1. The van der Waals surface area contributed by atoms with Crippen LogP contribution >= 0.6 is 11.3 Å². The van der Waals surface area contributed by atoms with E-state index in [4.69, 9.17) is 5.26 Å². The Kier molecular flexibility index (Phi) is 4.73. The normalized spacial score (nSPS) is 10.2. The smallest absolute Gasteiger partial charge is 0.290 e. The summed E-state index contributed by atoms with van der Waals surface area (Å²) in [5.74, 6) is 0.594. The van der Waals surface area contributed by atoms with Crippen LogP contribution in [-0.2, 0) is 6.54 Å². The first kappa shape index (κ1) is 16.6. The number of nitrogens with zero attached hydrogens (tertiary/aromatic N) is 3. The zero-order valence-corrected chi connectivity index (χ0v) is 14.2. The minimum Gasteiger partial charge on any atom is -0.366 e. The van der Waals surface area contributed by atoms with Crippen molar-refractivity contribution < 1.29 is 4.92 Å². The van der Waals surface area contributed by atoms with Gasteiger partial charge in [0.2, 0.25) is 0 Å². The van der Waals surface area contributed by atoms with E-state index in [2.05, 4.69) is 22.4 Å². The van der Waals surface area contributed by atoms with Crippen molar-refractivity contribution in [3.05, 3.63) is 74.8 Å². The summed E-state index contributed by atoms with van der Waals surface area (Å²) < 4.78 is 0. The first-order chi connectivity index (χ1) is 12.1. The number of nitro groups is 1. The summed E-state index contributed by atoms with van der Waals surface area (Å²) in [5, 5.41) is 23.0. The summed E-state index contributed by atoms with van der Waals surface area (Å²) in [6.07, 6.45) is 1.27. The molecule has 2 aromatic heterocycles. The summed E-state index contributed by atoms with van der Waals surface area (Å²) in [7, 11) is 0. The molecule has 2 heterocycles. The number of hydrogen-bond acceptors (Lipinski definition) is 6. The van der Waals surface area contributed by atoms with Crippen molar-refractivity contribution in [1.82, 2.24) is 4.98 Å². The van der Waals surface area contributed by atoms with E-state index in [1.807, 2.05) is 30.3 Å². The minimum atomic E-state index is -0.438. The molecule has 7 heteroatoms. The van der Waals surface area contributed by atoms with Crippen molar-refractivity contribution in [2.45, 2.75) is 13.5 Å². The molecular formula is C18H14N4O2S. The summed E-state index contributed by atoms with van der Waals surface area (Å²) in [6, 6.07) is 15.6. The van der Waals surface area contributed by atoms with Gasteiger partial charge in [0, 0.05) is 17.0 Å². The molecule has 0 amide bonds. The van der Waals surface area contributed by atoms with Crippen LogP contribution in [0.1, 0.15) is 16.0 Å². The fourth-order valence-corrected chi connectivity index (χ4v) is 3.22. The fraction of sp³-hybridized carbons (Fsp3) is 0.111. The Morgan fingerprint density at radius 3 is 2.84 bits per heavy atom. The van der Waals surface area contributed by atoms with Crippen LogP contribution < -0.4 is 5.32 Å². The molecule has 3 aromatic rings. The second-order valence-electron chi connectivity index (χ2n) is 5.44. The van der Waals surface area contributed by atoms with Crippen LogP contribution in [0.25, 0.3) is 10.4 Å². The Bertz CT molecular complexity index is 975. The molecule has 0 aliphatic carbocycles. The number of hydrogen-bond donors (Lipinski definition) is 1. The van der Waals surface area contributed by atoms with Gasteiger partial charge in [-0.1, -0.05) is 18.2 Å². The van der Waals surface area contributed by atoms with Gasteiger partial charge in [0.15, 0.2) is 0 Å². The molecule has 25 heavy (non-hydrogen) atoms. The van der Waals surface area contributed by atoms with Crippen LogP contribution in [-0.4, -0.2) is 9.91 Å². The average Bonchev–Trinajstić information content (AvgIpc) is 3.09. The van der Waals surface area contributed by atoms with E-state index >= 15 is 0 Å². The maximum absolute atomic E-state index is 10.8. The van der Waals surface area contributed by atoms with Gasteiger partial charge in [-0.3, -0.25) is 10.1 Å². The Morgan fingerprint density at radius 1 is 1.32 bits per heavy atom. The zero-order valence-electron chi connectivity index (χ0n) is 13.4. The molecule has 124 valence electrons. The van der Waals surface area contributed by atoms with Gasteiger partial charge >= 0.3 is 0 Å². The molecule has 0 radical (unpaired) electrons. The average molecular weight is 350 g/mol. The van der Waals surface area contributed by atoms with E-state index in [0.29, 0.717) is 22.8 Å². The number of aryl methyl sites for hydroxylation is 1. The lowest BCUT2D eigenvalue weighted by molar-refractivity contribution is -0.385. The third-order valence-corrected chi connectivity index (χ3v) is 4.72. The molecule has 1 N–H and O–H groups in total. The van der Waals surface area contributed by atoms with Crippen molar-refractivity contribution in [3.63, 3.8) is 0 Å². The van der Waals surface area contributed by atoms with Crippen LogP contribution in [0.3, 0.4) is 0 Å². The Morgan fingerprint density at radius 2 is 2.16 bits per heavy atom. The number of rotatable bonds is 5. The molecule has 0 spiro atoms. The number of anilines is 1. The third kappa shape index (κ3) is 3.82. The van der Waals surface area contributed by atoms with E-state index in [0.717, 1.165) is 16.0 Å². The Labute approximate surface area is 148 Å². The van der Waals surface area contributed by atoms with Crippen molar-refractivity contribution >= 4 is 22.8 Å². The Balaban J connectivity index is 1.74. The molecule has 0 fully saturated rings. The molecule has 0 bridgehead atoms. The van der Waals surface area contributed by atoms with Crippen LogP contribution in [0, 0.1) is 28.4 Å². The van der Waals surface area contributed by atoms with Crippen molar-refractivity contribution in [2.75, 3.05) is 5.32 Å². The molecule has 0 saturated heterocycles. The third-order valence-electron chi connectivity index (χ3n) is 3.68. The molecule has 0 aliphatic heterocycles. The fourth-order valence-electron chi connectivity index (χ4n) is 2.42. The second kappa shape index (κ2) is 7.11. The maximum atomic E-state index is 10.8. The topological polar surface area (TPSA) is 91.8 Å². The molecule has 6 nitrogen and oxygen atoms in total. The van der Waals surface area contributed by atoms with E-state index in [-0.39, 0.29) is 5.69 Å². The predicted octanol–water partition coefficient (Wildman–Crippen LogP) is 4.51. The first-order valence-electron chi connectivity index (χ1n) is 7.51.